The maximum absolute atomic E-state index is 12.3. The SMILES string of the molecule is O=C(O)CCCN1CCN(C(=O)Cc2ccc(Cl)cc2)CC1. The second-order valence-electron chi connectivity index (χ2n) is 5.52. The van der Waals surface area contributed by atoms with Gasteiger partial charge in [0.15, 0.2) is 0 Å². The van der Waals surface area contributed by atoms with Crippen LogP contribution < -0.4 is 0 Å². The van der Waals surface area contributed by atoms with Crippen molar-refractivity contribution in [2.75, 3.05) is 32.7 Å². The summed E-state index contributed by atoms with van der Waals surface area (Å²) in [7, 11) is 0. The molecule has 120 valence electrons. The molecule has 0 aromatic heterocycles. The van der Waals surface area contributed by atoms with E-state index in [1.54, 1.807) is 12.1 Å². The second kappa shape index (κ2) is 8.15. The number of carbonyl (C=O) groups is 2. The van der Waals surface area contributed by atoms with Gasteiger partial charge in [0.1, 0.15) is 0 Å². The second-order valence-corrected chi connectivity index (χ2v) is 5.96. The molecule has 0 radical (unpaired) electrons. The Hall–Kier alpha value is -1.59. The molecular formula is C16H21ClN2O3. The minimum Gasteiger partial charge on any atom is -0.481 e. The first-order valence-corrected chi connectivity index (χ1v) is 7.89. The molecule has 2 rings (SSSR count). The van der Waals surface area contributed by atoms with Crippen molar-refractivity contribution in [3.8, 4) is 0 Å². The molecule has 0 spiro atoms. The molecule has 1 aromatic rings. The molecule has 0 aliphatic carbocycles. The standard InChI is InChI=1S/C16H21ClN2O3/c17-14-5-3-13(4-6-14)12-15(20)19-10-8-18(9-11-19)7-1-2-16(21)22/h3-6H,1-2,7-12H2,(H,21,22). The number of carbonyl (C=O) groups excluding carboxylic acids is 1. The van der Waals surface area contributed by atoms with E-state index in [9.17, 15) is 9.59 Å². The van der Waals surface area contributed by atoms with E-state index in [0.29, 0.717) is 31.0 Å². The molecule has 1 aliphatic heterocycles. The Kier molecular flexibility index (Phi) is 6.21. The van der Waals surface area contributed by atoms with Gasteiger partial charge in [-0.3, -0.25) is 14.5 Å². The third-order valence-corrected chi connectivity index (χ3v) is 4.11. The van der Waals surface area contributed by atoms with Gasteiger partial charge < -0.3 is 10.0 Å². The Morgan fingerprint density at radius 1 is 1.09 bits per heavy atom. The number of piperazine rings is 1. The number of halogens is 1. The Balaban J connectivity index is 1.72. The highest BCUT2D eigenvalue weighted by Crippen LogP contribution is 2.12. The topological polar surface area (TPSA) is 60.9 Å². The minimum atomic E-state index is -0.753. The average Bonchev–Trinajstić information content (AvgIpc) is 2.50. The number of aliphatic carboxylic acids is 1. The number of amides is 1. The van der Waals surface area contributed by atoms with Gasteiger partial charge in [-0.15, -0.1) is 0 Å². The Morgan fingerprint density at radius 2 is 1.73 bits per heavy atom. The number of hydrogen-bond donors (Lipinski definition) is 1. The minimum absolute atomic E-state index is 0.132. The molecule has 22 heavy (non-hydrogen) atoms. The quantitative estimate of drug-likeness (QED) is 0.868. The predicted molar refractivity (Wildman–Crippen MR) is 85.0 cm³/mol. The van der Waals surface area contributed by atoms with E-state index in [2.05, 4.69) is 4.90 Å². The average molecular weight is 325 g/mol. The van der Waals surface area contributed by atoms with Crippen LogP contribution in [-0.4, -0.2) is 59.5 Å². The highest BCUT2D eigenvalue weighted by Gasteiger charge is 2.20. The lowest BCUT2D eigenvalue weighted by Crippen LogP contribution is -2.49. The van der Waals surface area contributed by atoms with E-state index in [1.807, 2.05) is 17.0 Å². The van der Waals surface area contributed by atoms with Crippen molar-refractivity contribution in [3.63, 3.8) is 0 Å². The van der Waals surface area contributed by atoms with E-state index in [-0.39, 0.29) is 12.3 Å². The smallest absolute Gasteiger partial charge is 0.303 e. The molecule has 0 bridgehead atoms. The molecule has 1 aromatic carbocycles. The van der Waals surface area contributed by atoms with Gasteiger partial charge in [-0.2, -0.15) is 0 Å². The van der Waals surface area contributed by atoms with Crippen LogP contribution in [0.2, 0.25) is 5.02 Å². The number of carboxylic acid groups (broad SMARTS) is 1. The molecule has 0 atom stereocenters. The van der Waals surface area contributed by atoms with Crippen LogP contribution >= 0.6 is 11.6 Å². The molecule has 1 amide bonds. The van der Waals surface area contributed by atoms with Crippen molar-refractivity contribution in [2.45, 2.75) is 19.3 Å². The van der Waals surface area contributed by atoms with E-state index in [4.69, 9.17) is 16.7 Å². The fourth-order valence-corrected chi connectivity index (χ4v) is 2.69. The first-order chi connectivity index (χ1) is 10.5. The van der Waals surface area contributed by atoms with Gasteiger partial charge in [0.2, 0.25) is 5.91 Å². The van der Waals surface area contributed by atoms with Crippen LogP contribution in [0.4, 0.5) is 0 Å². The normalized spacial score (nSPS) is 15.8. The first kappa shape index (κ1) is 16.8. The fraction of sp³-hybridized carbons (Fsp3) is 0.500. The van der Waals surface area contributed by atoms with Crippen molar-refractivity contribution in [1.29, 1.82) is 0 Å². The van der Waals surface area contributed by atoms with Crippen molar-refractivity contribution in [1.82, 2.24) is 9.80 Å². The van der Waals surface area contributed by atoms with Gasteiger partial charge in [-0.25, -0.2) is 0 Å². The molecule has 1 aliphatic rings. The zero-order valence-corrected chi connectivity index (χ0v) is 13.3. The van der Waals surface area contributed by atoms with E-state index >= 15 is 0 Å². The Morgan fingerprint density at radius 3 is 2.32 bits per heavy atom. The molecule has 0 saturated carbocycles. The van der Waals surface area contributed by atoms with E-state index in [1.165, 1.54) is 0 Å². The lowest BCUT2D eigenvalue weighted by molar-refractivity contribution is -0.137. The van der Waals surface area contributed by atoms with Crippen LogP contribution in [0.5, 0.6) is 0 Å². The van der Waals surface area contributed by atoms with Crippen LogP contribution in [0, 0.1) is 0 Å². The van der Waals surface area contributed by atoms with Crippen molar-refractivity contribution in [3.05, 3.63) is 34.9 Å². The monoisotopic (exact) mass is 324 g/mol. The number of rotatable bonds is 6. The van der Waals surface area contributed by atoms with Crippen molar-refractivity contribution < 1.29 is 14.7 Å². The van der Waals surface area contributed by atoms with Crippen LogP contribution in [0.25, 0.3) is 0 Å². The van der Waals surface area contributed by atoms with E-state index < -0.39 is 5.97 Å². The molecule has 6 heteroatoms. The molecule has 1 heterocycles. The van der Waals surface area contributed by atoms with Gasteiger partial charge in [-0.1, -0.05) is 23.7 Å². The summed E-state index contributed by atoms with van der Waals surface area (Å²) in [6, 6.07) is 7.35. The molecule has 1 fully saturated rings. The molecule has 5 nitrogen and oxygen atoms in total. The third kappa shape index (κ3) is 5.31. The number of hydrogen-bond acceptors (Lipinski definition) is 3. The maximum atomic E-state index is 12.3. The third-order valence-electron chi connectivity index (χ3n) is 3.86. The molecule has 1 saturated heterocycles. The van der Waals surface area contributed by atoms with Gasteiger partial charge >= 0.3 is 5.97 Å². The van der Waals surface area contributed by atoms with Crippen LogP contribution in [0.15, 0.2) is 24.3 Å². The van der Waals surface area contributed by atoms with Gasteiger partial charge in [0.25, 0.3) is 0 Å². The van der Waals surface area contributed by atoms with Gasteiger partial charge in [0.05, 0.1) is 6.42 Å². The number of carboxylic acids is 1. The zero-order chi connectivity index (χ0) is 15.9. The summed E-state index contributed by atoms with van der Waals surface area (Å²) in [5.74, 6) is -0.621. The highest BCUT2D eigenvalue weighted by atomic mass is 35.5. The molecule has 0 unspecified atom stereocenters. The molecular weight excluding hydrogens is 304 g/mol. The number of nitrogens with zero attached hydrogens (tertiary/aromatic N) is 2. The summed E-state index contributed by atoms with van der Waals surface area (Å²) < 4.78 is 0. The zero-order valence-electron chi connectivity index (χ0n) is 12.5. The molecule has 1 N–H and O–H groups in total. The van der Waals surface area contributed by atoms with Crippen molar-refractivity contribution >= 4 is 23.5 Å². The summed E-state index contributed by atoms with van der Waals surface area (Å²) in [4.78, 5) is 26.9. The van der Waals surface area contributed by atoms with Gasteiger partial charge in [0, 0.05) is 37.6 Å². The predicted octanol–water partition coefficient (Wildman–Crippen LogP) is 1.89. The summed E-state index contributed by atoms with van der Waals surface area (Å²) in [6.45, 7) is 3.82. The maximum Gasteiger partial charge on any atom is 0.303 e. The fourth-order valence-electron chi connectivity index (χ4n) is 2.56. The highest BCUT2D eigenvalue weighted by molar-refractivity contribution is 6.30. The largest absolute Gasteiger partial charge is 0.481 e. The summed E-state index contributed by atoms with van der Waals surface area (Å²) in [6.07, 6.45) is 1.26. The van der Waals surface area contributed by atoms with Crippen LogP contribution in [-0.2, 0) is 16.0 Å². The van der Waals surface area contributed by atoms with Crippen molar-refractivity contribution in [2.24, 2.45) is 0 Å². The lowest BCUT2D eigenvalue weighted by Gasteiger charge is -2.34. The van der Waals surface area contributed by atoms with Crippen LogP contribution in [0.1, 0.15) is 18.4 Å². The van der Waals surface area contributed by atoms with Gasteiger partial charge in [-0.05, 0) is 30.7 Å². The summed E-state index contributed by atoms with van der Waals surface area (Å²) in [5, 5.41) is 9.31. The van der Waals surface area contributed by atoms with Crippen LogP contribution in [0.3, 0.4) is 0 Å². The summed E-state index contributed by atoms with van der Waals surface area (Å²) in [5.41, 5.74) is 0.971. The lowest BCUT2D eigenvalue weighted by atomic mass is 10.1. The Bertz CT molecular complexity index is 511. The van der Waals surface area contributed by atoms with E-state index in [0.717, 1.165) is 25.2 Å². The number of benzene rings is 1. The summed E-state index contributed by atoms with van der Waals surface area (Å²) >= 11 is 5.84. The Labute approximate surface area is 135 Å². The first-order valence-electron chi connectivity index (χ1n) is 7.51.